The quantitative estimate of drug-likeness (QED) is 0.415. The molecule has 10 heteroatoms. The van der Waals surface area contributed by atoms with Crippen molar-refractivity contribution in [3.63, 3.8) is 0 Å². The first-order valence-corrected chi connectivity index (χ1v) is 8.67. The molecule has 142 valence electrons. The summed E-state index contributed by atoms with van der Waals surface area (Å²) >= 11 is 5.93. The van der Waals surface area contributed by atoms with Gasteiger partial charge in [-0.15, -0.1) is 0 Å². The Morgan fingerprint density at radius 1 is 1.32 bits per heavy atom. The van der Waals surface area contributed by atoms with Crippen LogP contribution >= 0.6 is 11.6 Å². The molecule has 0 aliphatic carbocycles. The lowest BCUT2D eigenvalue weighted by molar-refractivity contribution is 0.0951. The molecule has 0 spiro atoms. The fourth-order valence-electron chi connectivity index (χ4n) is 2.66. The third-order valence-corrected chi connectivity index (χ3v) is 4.25. The van der Waals surface area contributed by atoms with Crippen LogP contribution in [0.4, 0.5) is 0 Å². The Bertz CT molecular complexity index is 1040. The molecule has 0 radical (unpaired) electrons. The highest BCUT2D eigenvalue weighted by atomic mass is 35.5. The van der Waals surface area contributed by atoms with Gasteiger partial charge in [0.05, 0.1) is 17.4 Å². The van der Waals surface area contributed by atoms with Gasteiger partial charge in [-0.05, 0) is 30.6 Å². The number of carbonyl (C=O) groups excluding carboxylic acids is 2. The largest absolute Gasteiger partial charge is 0.489 e. The van der Waals surface area contributed by atoms with Gasteiger partial charge in [-0.25, -0.2) is 9.67 Å². The molecule has 0 atom stereocenters. The second-order valence-electron chi connectivity index (χ2n) is 6.06. The predicted molar refractivity (Wildman–Crippen MR) is 104 cm³/mol. The van der Waals surface area contributed by atoms with Crippen LogP contribution in [-0.2, 0) is 6.54 Å². The zero-order chi connectivity index (χ0) is 20.3. The Morgan fingerprint density at radius 2 is 2.11 bits per heavy atom. The Morgan fingerprint density at radius 3 is 2.75 bits per heavy atom. The fourth-order valence-corrected chi connectivity index (χ4v) is 2.79. The number of benzene rings is 1. The topological polar surface area (TPSA) is 117 Å². The third kappa shape index (κ3) is 4.28. The monoisotopic (exact) mass is 398 g/mol. The maximum atomic E-state index is 12.5. The van der Waals surface area contributed by atoms with Gasteiger partial charge >= 0.3 is 7.12 Å². The van der Waals surface area contributed by atoms with E-state index in [0.29, 0.717) is 17.1 Å². The molecule has 2 heterocycles. The minimum atomic E-state index is -1.79. The van der Waals surface area contributed by atoms with Crippen molar-refractivity contribution in [3.05, 3.63) is 70.1 Å². The van der Waals surface area contributed by atoms with E-state index in [1.165, 1.54) is 29.1 Å². The lowest BCUT2D eigenvalue weighted by atomic mass is 9.77. The van der Waals surface area contributed by atoms with Crippen LogP contribution < -0.4 is 10.8 Å². The van der Waals surface area contributed by atoms with E-state index in [4.69, 9.17) is 11.6 Å². The van der Waals surface area contributed by atoms with E-state index in [0.717, 1.165) is 11.3 Å². The highest BCUT2D eigenvalue weighted by Gasteiger charge is 2.18. The maximum Gasteiger partial charge on any atom is 0.489 e. The van der Waals surface area contributed by atoms with Crippen molar-refractivity contribution < 1.29 is 19.6 Å². The van der Waals surface area contributed by atoms with Gasteiger partial charge in [0.15, 0.2) is 5.82 Å². The van der Waals surface area contributed by atoms with Crippen molar-refractivity contribution in [1.29, 1.82) is 0 Å². The standard InChI is InChI=1S/C18H16BClN4O4/c1-11-2-3-13(17(23-11)24-9-15(20)8-22-24)7-21-18(26)12-4-5-16(19(27)28)14(6-12)10-25/h2-6,8-10,27-28H,7H2,1H3,(H,21,26). The van der Waals surface area contributed by atoms with Crippen LogP contribution in [0.25, 0.3) is 5.82 Å². The lowest BCUT2D eigenvalue weighted by Crippen LogP contribution is -2.34. The molecule has 28 heavy (non-hydrogen) atoms. The Hall–Kier alpha value is -3.01. The molecule has 0 aliphatic heterocycles. The first kappa shape index (κ1) is 19.7. The number of aryl methyl sites for hydroxylation is 1. The van der Waals surface area contributed by atoms with Crippen LogP contribution in [0.1, 0.15) is 32.0 Å². The second-order valence-corrected chi connectivity index (χ2v) is 6.49. The van der Waals surface area contributed by atoms with E-state index < -0.39 is 13.0 Å². The average Bonchev–Trinajstić information content (AvgIpc) is 3.12. The van der Waals surface area contributed by atoms with Crippen molar-refractivity contribution >= 4 is 36.4 Å². The number of amides is 1. The predicted octanol–water partition coefficient (Wildman–Crippen LogP) is 0.651. The second kappa shape index (κ2) is 8.34. The maximum absolute atomic E-state index is 12.5. The number of aldehydes is 1. The average molecular weight is 399 g/mol. The summed E-state index contributed by atoms with van der Waals surface area (Å²) < 4.78 is 1.53. The minimum absolute atomic E-state index is 0.0338. The van der Waals surface area contributed by atoms with E-state index in [9.17, 15) is 19.6 Å². The van der Waals surface area contributed by atoms with Gasteiger partial charge in [0.2, 0.25) is 0 Å². The van der Waals surface area contributed by atoms with Crippen molar-refractivity contribution in [2.75, 3.05) is 0 Å². The van der Waals surface area contributed by atoms with Gasteiger partial charge in [-0.3, -0.25) is 9.59 Å². The number of rotatable bonds is 6. The molecule has 3 N–H and O–H groups in total. The number of pyridine rings is 1. The molecule has 0 aliphatic rings. The lowest BCUT2D eigenvalue weighted by Gasteiger charge is -2.12. The van der Waals surface area contributed by atoms with Crippen molar-refractivity contribution in [2.45, 2.75) is 13.5 Å². The number of aromatic nitrogens is 3. The van der Waals surface area contributed by atoms with Crippen LogP contribution in [0.5, 0.6) is 0 Å². The number of nitrogens with zero attached hydrogens (tertiary/aromatic N) is 3. The number of hydrogen-bond donors (Lipinski definition) is 3. The molecule has 0 bridgehead atoms. The Labute approximate surface area is 165 Å². The van der Waals surface area contributed by atoms with Gasteiger partial charge in [0.25, 0.3) is 5.91 Å². The minimum Gasteiger partial charge on any atom is -0.423 e. The SMILES string of the molecule is Cc1ccc(CNC(=O)c2ccc(B(O)O)c(C=O)c2)c(-n2cc(Cl)cn2)n1. The smallest absolute Gasteiger partial charge is 0.423 e. The number of carbonyl (C=O) groups is 2. The summed E-state index contributed by atoms with van der Waals surface area (Å²) in [6.45, 7) is 2.01. The van der Waals surface area contributed by atoms with Crippen LogP contribution in [0, 0.1) is 6.92 Å². The highest BCUT2D eigenvalue weighted by molar-refractivity contribution is 6.60. The van der Waals surface area contributed by atoms with E-state index >= 15 is 0 Å². The molecule has 3 rings (SSSR count). The molecule has 0 unspecified atom stereocenters. The zero-order valence-corrected chi connectivity index (χ0v) is 15.6. The summed E-state index contributed by atoms with van der Waals surface area (Å²) in [5.74, 6) is 0.117. The third-order valence-electron chi connectivity index (χ3n) is 4.06. The summed E-state index contributed by atoms with van der Waals surface area (Å²) in [5.41, 5.74) is 1.79. The molecule has 1 aromatic carbocycles. The molecular weight excluding hydrogens is 382 g/mol. The molecule has 3 aromatic rings. The van der Waals surface area contributed by atoms with Gasteiger partial charge in [0, 0.05) is 28.9 Å². The summed E-state index contributed by atoms with van der Waals surface area (Å²) in [6.07, 6.45) is 3.57. The molecule has 0 saturated carbocycles. The molecule has 8 nitrogen and oxygen atoms in total. The summed E-state index contributed by atoms with van der Waals surface area (Å²) in [6, 6.07) is 7.69. The van der Waals surface area contributed by atoms with Gasteiger partial charge in [-0.2, -0.15) is 5.10 Å². The van der Waals surface area contributed by atoms with Crippen LogP contribution in [-0.4, -0.2) is 44.1 Å². The summed E-state index contributed by atoms with van der Waals surface area (Å²) in [5, 5.41) is 25.9. The number of halogens is 1. The molecule has 0 saturated heterocycles. The Kier molecular flexibility index (Phi) is 5.88. The van der Waals surface area contributed by atoms with Crippen LogP contribution in [0.2, 0.25) is 5.02 Å². The molecule has 0 fully saturated rings. The van der Waals surface area contributed by atoms with E-state index in [-0.39, 0.29) is 23.1 Å². The van der Waals surface area contributed by atoms with Gasteiger partial charge < -0.3 is 15.4 Å². The first-order valence-electron chi connectivity index (χ1n) is 8.29. The molecular formula is C18H16BClN4O4. The van der Waals surface area contributed by atoms with Crippen LogP contribution in [0.15, 0.2) is 42.7 Å². The normalized spacial score (nSPS) is 10.6. The Balaban J connectivity index is 1.81. The summed E-state index contributed by atoms with van der Waals surface area (Å²) in [4.78, 5) is 28.1. The van der Waals surface area contributed by atoms with Crippen LogP contribution in [0.3, 0.4) is 0 Å². The zero-order valence-electron chi connectivity index (χ0n) is 14.8. The molecule has 1 amide bonds. The highest BCUT2D eigenvalue weighted by Crippen LogP contribution is 2.15. The number of nitrogens with one attached hydrogen (secondary N) is 1. The number of hydrogen-bond acceptors (Lipinski definition) is 6. The van der Waals surface area contributed by atoms with Crippen molar-refractivity contribution in [3.8, 4) is 5.82 Å². The first-order chi connectivity index (χ1) is 13.4. The fraction of sp³-hybridized carbons (Fsp3) is 0.111. The van der Waals surface area contributed by atoms with Crippen molar-refractivity contribution in [1.82, 2.24) is 20.1 Å². The molecule has 2 aromatic heterocycles. The van der Waals surface area contributed by atoms with E-state index in [1.54, 1.807) is 6.20 Å². The van der Waals surface area contributed by atoms with E-state index in [1.807, 2.05) is 19.1 Å². The van der Waals surface area contributed by atoms with E-state index in [2.05, 4.69) is 15.4 Å². The summed E-state index contributed by atoms with van der Waals surface area (Å²) in [7, 11) is -1.79. The van der Waals surface area contributed by atoms with Crippen molar-refractivity contribution in [2.24, 2.45) is 0 Å². The van der Waals surface area contributed by atoms with Gasteiger partial charge in [0.1, 0.15) is 6.29 Å². The van der Waals surface area contributed by atoms with Gasteiger partial charge in [-0.1, -0.05) is 23.7 Å².